The molecule has 1 atom stereocenters. The highest BCUT2D eigenvalue weighted by Crippen LogP contribution is 2.36. The molecule has 0 spiro atoms. The van der Waals surface area contributed by atoms with Crippen LogP contribution in [0.5, 0.6) is 0 Å². The zero-order valence-electron chi connectivity index (χ0n) is 21.1. The standard InChI is InChI=1S/C29H30N4O4/c1-18-12-14-20(15-13-18)16-30-25(34)21-10-7-11-22-24(21)33-27(36)23(26(35)32-22)29(2,3)28(37)31-17-19-8-5-4-6-9-19/h4-15,23H,16-17H2,1-3H3,(H,30,34)(H,31,37)(H,32,35)(H,33,36). The fraction of sp³-hybridized carbons (Fsp3) is 0.241. The molecule has 0 bridgehead atoms. The highest BCUT2D eigenvalue weighted by Gasteiger charge is 2.47. The van der Waals surface area contributed by atoms with Gasteiger partial charge in [-0.3, -0.25) is 19.2 Å². The summed E-state index contributed by atoms with van der Waals surface area (Å²) in [6.07, 6.45) is 0. The van der Waals surface area contributed by atoms with Crippen LogP contribution in [0.2, 0.25) is 0 Å². The molecule has 4 N–H and O–H groups in total. The quantitative estimate of drug-likeness (QED) is 0.371. The minimum atomic E-state index is -1.36. The van der Waals surface area contributed by atoms with Crippen molar-refractivity contribution in [3.8, 4) is 0 Å². The van der Waals surface area contributed by atoms with E-state index in [4.69, 9.17) is 0 Å². The molecule has 4 amide bonds. The molecule has 37 heavy (non-hydrogen) atoms. The van der Waals surface area contributed by atoms with Crippen molar-refractivity contribution in [2.75, 3.05) is 10.6 Å². The average Bonchev–Trinajstić information content (AvgIpc) is 3.01. The number of fused-ring (bicyclic) bond motifs is 1. The lowest BCUT2D eigenvalue weighted by Gasteiger charge is -2.29. The minimum Gasteiger partial charge on any atom is -0.352 e. The molecular formula is C29H30N4O4. The SMILES string of the molecule is Cc1ccc(CNC(=O)c2cccc3c2NC(=O)C(C(C)(C)C(=O)NCc2ccccc2)C(=O)N3)cc1. The van der Waals surface area contributed by atoms with Crippen LogP contribution in [-0.2, 0) is 27.5 Å². The monoisotopic (exact) mass is 498 g/mol. The van der Waals surface area contributed by atoms with Crippen LogP contribution in [0, 0.1) is 18.3 Å². The predicted molar refractivity (Wildman–Crippen MR) is 142 cm³/mol. The Morgan fingerprint density at radius 1 is 0.784 bits per heavy atom. The Labute approximate surface area is 215 Å². The van der Waals surface area contributed by atoms with Crippen molar-refractivity contribution < 1.29 is 19.2 Å². The summed E-state index contributed by atoms with van der Waals surface area (Å²) in [7, 11) is 0. The summed E-state index contributed by atoms with van der Waals surface area (Å²) in [5.74, 6) is -3.43. The van der Waals surface area contributed by atoms with Crippen molar-refractivity contribution in [3.63, 3.8) is 0 Å². The molecule has 1 unspecified atom stereocenters. The first-order chi connectivity index (χ1) is 17.7. The van der Waals surface area contributed by atoms with Gasteiger partial charge in [0, 0.05) is 13.1 Å². The summed E-state index contributed by atoms with van der Waals surface area (Å²) < 4.78 is 0. The van der Waals surface area contributed by atoms with Crippen molar-refractivity contribution in [1.82, 2.24) is 10.6 Å². The molecule has 0 saturated carbocycles. The van der Waals surface area contributed by atoms with Crippen LogP contribution in [0.15, 0.2) is 72.8 Å². The number of benzene rings is 3. The topological polar surface area (TPSA) is 116 Å². The van der Waals surface area contributed by atoms with E-state index in [0.29, 0.717) is 12.2 Å². The lowest BCUT2D eigenvalue weighted by atomic mass is 9.76. The van der Waals surface area contributed by atoms with Gasteiger partial charge in [0.15, 0.2) is 0 Å². The Balaban J connectivity index is 1.51. The molecule has 4 rings (SSSR count). The van der Waals surface area contributed by atoms with Crippen molar-refractivity contribution in [2.24, 2.45) is 11.3 Å². The van der Waals surface area contributed by atoms with E-state index in [1.807, 2.05) is 61.5 Å². The summed E-state index contributed by atoms with van der Waals surface area (Å²) in [6.45, 7) is 5.68. The van der Waals surface area contributed by atoms with Gasteiger partial charge in [0.25, 0.3) is 5.91 Å². The third-order valence-corrected chi connectivity index (χ3v) is 6.52. The van der Waals surface area contributed by atoms with Crippen LogP contribution >= 0.6 is 0 Å². The first kappa shape index (κ1) is 25.6. The number of nitrogens with one attached hydrogen (secondary N) is 4. The maximum atomic E-state index is 13.3. The number of amides is 4. The second kappa shape index (κ2) is 10.7. The van der Waals surface area contributed by atoms with Gasteiger partial charge in [0.2, 0.25) is 17.7 Å². The zero-order chi connectivity index (χ0) is 26.6. The molecule has 0 saturated heterocycles. The van der Waals surface area contributed by atoms with Gasteiger partial charge < -0.3 is 21.3 Å². The largest absolute Gasteiger partial charge is 0.352 e. The maximum Gasteiger partial charge on any atom is 0.253 e. The fourth-order valence-electron chi connectivity index (χ4n) is 4.28. The van der Waals surface area contributed by atoms with Gasteiger partial charge in [-0.05, 0) is 44.0 Å². The summed E-state index contributed by atoms with van der Waals surface area (Å²) in [5, 5.41) is 11.1. The van der Waals surface area contributed by atoms with E-state index in [9.17, 15) is 19.2 Å². The minimum absolute atomic E-state index is 0.199. The van der Waals surface area contributed by atoms with Gasteiger partial charge in [-0.15, -0.1) is 0 Å². The number of hydrogen-bond donors (Lipinski definition) is 4. The third-order valence-electron chi connectivity index (χ3n) is 6.52. The van der Waals surface area contributed by atoms with E-state index in [2.05, 4.69) is 21.3 Å². The summed E-state index contributed by atoms with van der Waals surface area (Å²) in [5.41, 5.74) is 2.29. The van der Waals surface area contributed by atoms with Gasteiger partial charge in [0.1, 0.15) is 5.92 Å². The van der Waals surface area contributed by atoms with Gasteiger partial charge in [-0.25, -0.2) is 0 Å². The lowest BCUT2D eigenvalue weighted by Crippen LogP contribution is -2.50. The van der Waals surface area contributed by atoms with E-state index in [0.717, 1.165) is 16.7 Å². The Morgan fingerprint density at radius 3 is 2.11 bits per heavy atom. The Kier molecular flexibility index (Phi) is 7.38. The van der Waals surface area contributed by atoms with Crippen molar-refractivity contribution in [3.05, 3.63) is 95.1 Å². The molecule has 190 valence electrons. The average molecular weight is 499 g/mol. The zero-order valence-corrected chi connectivity index (χ0v) is 21.1. The van der Waals surface area contributed by atoms with Gasteiger partial charge in [-0.2, -0.15) is 0 Å². The number of aryl methyl sites for hydroxylation is 1. The third kappa shape index (κ3) is 5.69. The molecule has 8 nitrogen and oxygen atoms in total. The van der Waals surface area contributed by atoms with Crippen LogP contribution in [0.3, 0.4) is 0 Å². The number of anilines is 2. The van der Waals surface area contributed by atoms with E-state index < -0.39 is 35.0 Å². The molecule has 3 aromatic rings. The molecule has 1 aliphatic rings. The number of carbonyl (C=O) groups excluding carboxylic acids is 4. The Hall–Kier alpha value is -4.46. The Bertz CT molecular complexity index is 1330. The van der Waals surface area contributed by atoms with E-state index in [1.165, 1.54) is 0 Å². The fourth-order valence-corrected chi connectivity index (χ4v) is 4.28. The highest BCUT2D eigenvalue weighted by atomic mass is 16.2. The number of hydrogen-bond acceptors (Lipinski definition) is 4. The molecule has 0 aliphatic carbocycles. The first-order valence-electron chi connectivity index (χ1n) is 12.1. The summed E-state index contributed by atoms with van der Waals surface area (Å²) in [6, 6.07) is 22.0. The molecule has 0 radical (unpaired) electrons. The van der Waals surface area contributed by atoms with Gasteiger partial charge >= 0.3 is 0 Å². The van der Waals surface area contributed by atoms with Crippen LogP contribution in [0.25, 0.3) is 0 Å². The molecule has 8 heteroatoms. The van der Waals surface area contributed by atoms with Crippen LogP contribution < -0.4 is 21.3 Å². The predicted octanol–water partition coefficient (Wildman–Crippen LogP) is 3.77. The second-order valence-corrected chi connectivity index (χ2v) is 9.70. The van der Waals surface area contributed by atoms with Gasteiger partial charge in [0.05, 0.1) is 22.4 Å². The maximum absolute atomic E-state index is 13.3. The second-order valence-electron chi connectivity index (χ2n) is 9.70. The van der Waals surface area contributed by atoms with Crippen LogP contribution in [0.1, 0.15) is 40.9 Å². The van der Waals surface area contributed by atoms with E-state index in [1.54, 1.807) is 32.0 Å². The van der Waals surface area contributed by atoms with E-state index >= 15 is 0 Å². The first-order valence-corrected chi connectivity index (χ1v) is 12.1. The normalized spacial score (nSPS) is 15.1. The number of para-hydroxylation sites is 1. The smallest absolute Gasteiger partial charge is 0.253 e. The molecule has 0 aromatic heterocycles. The van der Waals surface area contributed by atoms with Crippen LogP contribution in [-0.4, -0.2) is 23.6 Å². The highest BCUT2D eigenvalue weighted by molar-refractivity contribution is 6.20. The van der Waals surface area contributed by atoms with Crippen molar-refractivity contribution >= 4 is 35.0 Å². The molecular weight excluding hydrogens is 468 g/mol. The molecule has 0 fully saturated rings. The summed E-state index contributed by atoms with van der Waals surface area (Å²) in [4.78, 5) is 52.6. The van der Waals surface area contributed by atoms with Crippen molar-refractivity contribution in [2.45, 2.75) is 33.9 Å². The van der Waals surface area contributed by atoms with E-state index in [-0.39, 0.29) is 17.8 Å². The summed E-state index contributed by atoms with van der Waals surface area (Å²) >= 11 is 0. The molecule has 3 aromatic carbocycles. The van der Waals surface area contributed by atoms with Gasteiger partial charge in [-0.1, -0.05) is 66.2 Å². The Morgan fingerprint density at radius 2 is 1.41 bits per heavy atom. The molecule has 1 aliphatic heterocycles. The van der Waals surface area contributed by atoms with Crippen molar-refractivity contribution in [1.29, 1.82) is 0 Å². The number of carbonyl (C=O) groups is 4. The number of rotatable bonds is 7. The van der Waals surface area contributed by atoms with Crippen LogP contribution in [0.4, 0.5) is 11.4 Å². The lowest BCUT2D eigenvalue weighted by molar-refractivity contribution is -0.144. The molecule has 1 heterocycles.